The highest BCUT2D eigenvalue weighted by atomic mass is 79.9. The third-order valence-corrected chi connectivity index (χ3v) is 3.30. The van der Waals surface area contributed by atoms with Gasteiger partial charge in [-0.2, -0.15) is 5.26 Å². The van der Waals surface area contributed by atoms with Crippen LogP contribution in [-0.4, -0.2) is 31.1 Å². The Kier molecular flexibility index (Phi) is 3.94. The molecule has 4 heteroatoms. The average Bonchev–Trinajstić information content (AvgIpc) is 2.31. The van der Waals surface area contributed by atoms with Crippen LogP contribution in [0.5, 0.6) is 0 Å². The van der Waals surface area contributed by atoms with Crippen molar-refractivity contribution in [1.29, 1.82) is 5.26 Å². The molecule has 1 atom stereocenters. The highest BCUT2D eigenvalue weighted by Crippen LogP contribution is 2.23. The molecule has 0 aliphatic carbocycles. The summed E-state index contributed by atoms with van der Waals surface area (Å²) in [7, 11) is 0. The lowest BCUT2D eigenvalue weighted by molar-refractivity contribution is 0.207. The van der Waals surface area contributed by atoms with E-state index in [1.54, 1.807) is 0 Å². The summed E-state index contributed by atoms with van der Waals surface area (Å²) in [4.78, 5) is 2.22. The quantitative estimate of drug-likeness (QED) is 0.899. The standard InChI is InChI=1S/C12H14BrN3/c13-11-3-1-2-10(8-11)12(9-14)16-6-4-15-5-7-16/h1-3,8,12,15H,4-7H2/t12-/m0/s1. The van der Waals surface area contributed by atoms with Crippen molar-refractivity contribution in [1.82, 2.24) is 10.2 Å². The van der Waals surface area contributed by atoms with E-state index in [1.807, 2.05) is 24.3 Å². The average molecular weight is 280 g/mol. The Morgan fingerprint density at radius 3 is 2.75 bits per heavy atom. The van der Waals surface area contributed by atoms with Gasteiger partial charge in [-0.25, -0.2) is 0 Å². The molecule has 0 amide bonds. The number of hydrogen-bond donors (Lipinski definition) is 1. The minimum atomic E-state index is -0.125. The number of hydrogen-bond acceptors (Lipinski definition) is 3. The number of nitrogens with zero attached hydrogens (tertiary/aromatic N) is 2. The molecule has 0 spiro atoms. The topological polar surface area (TPSA) is 39.1 Å². The molecule has 1 aromatic carbocycles. The summed E-state index contributed by atoms with van der Waals surface area (Å²) in [5.41, 5.74) is 1.07. The van der Waals surface area contributed by atoms with Gasteiger partial charge in [-0.05, 0) is 17.7 Å². The summed E-state index contributed by atoms with van der Waals surface area (Å²) in [6.07, 6.45) is 0. The Balaban J connectivity index is 2.18. The van der Waals surface area contributed by atoms with Gasteiger partial charge < -0.3 is 5.32 Å². The molecule has 1 heterocycles. The van der Waals surface area contributed by atoms with Gasteiger partial charge in [0.15, 0.2) is 0 Å². The second-order valence-electron chi connectivity index (χ2n) is 3.87. The highest BCUT2D eigenvalue weighted by Gasteiger charge is 2.21. The molecule has 1 aromatic rings. The molecule has 0 radical (unpaired) electrons. The number of rotatable bonds is 2. The van der Waals surface area contributed by atoms with Crippen LogP contribution >= 0.6 is 15.9 Å². The lowest BCUT2D eigenvalue weighted by Crippen LogP contribution is -2.44. The maximum atomic E-state index is 9.30. The van der Waals surface area contributed by atoms with Gasteiger partial charge in [0, 0.05) is 30.7 Å². The minimum absolute atomic E-state index is 0.125. The van der Waals surface area contributed by atoms with Crippen LogP contribution in [0.2, 0.25) is 0 Å². The summed E-state index contributed by atoms with van der Waals surface area (Å²) in [5, 5.41) is 12.6. The van der Waals surface area contributed by atoms with E-state index < -0.39 is 0 Å². The summed E-state index contributed by atoms with van der Waals surface area (Å²) in [6.45, 7) is 3.80. The minimum Gasteiger partial charge on any atom is -0.314 e. The van der Waals surface area contributed by atoms with Crippen molar-refractivity contribution in [3.63, 3.8) is 0 Å². The molecular weight excluding hydrogens is 266 g/mol. The fourth-order valence-electron chi connectivity index (χ4n) is 1.98. The molecule has 0 unspecified atom stereocenters. The van der Waals surface area contributed by atoms with Crippen LogP contribution in [0.1, 0.15) is 11.6 Å². The maximum Gasteiger partial charge on any atom is 0.123 e. The number of halogens is 1. The van der Waals surface area contributed by atoms with Crippen molar-refractivity contribution in [2.75, 3.05) is 26.2 Å². The second-order valence-corrected chi connectivity index (χ2v) is 4.79. The molecule has 84 valence electrons. The fourth-order valence-corrected chi connectivity index (χ4v) is 2.40. The van der Waals surface area contributed by atoms with E-state index in [4.69, 9.17) is 0 Å². The van der Waals surface area contributed by atoms with E-state index in [1.165, 1.54) is 0 Å². The number of benzene rings is 1. The van der Waals surface area contributed by atoms with Gasteiger partial charge in [0.2, 0.25) is 0 Å². The van der Waals surface area contributed by atoms with Crippen LogP contribution < -0.4 is 5.32 Å². The largest absolute Gasteiger partial charge is 0.314 e. The van der Waals surface area contributed by atoms with Crippen LogP contribution in [-0.2, 0) is 0 Å². The number of nitriles is 1. The van der Waals surface area contributed by atoms with E-state index in [2.05, 4.69) is 32.2 Å². The van der Waals surface area contributed by atoms with Crippen LogP contribution in [0.4, 0.5) is 0 Å². The van der Waals surface area contributed by atoms with Crippen molar-refractivity contribution in [3.8, 4) is 6.07 Å². The molecule has 1 saturated heterocycles. The monoisotopic (exact) mass is 279 g/mol. The van der Waals surface area contributed by atoms with Crippen LogP contribution in [0.3, 0.4) is 0 Å². The lowest BCUT2D eigenvalue weighted by Gasteiger charge is -2.31. The Bertz CT molecular complexity index is 393. The highest BCUT2D eigenvalue weighted by molar-refractivity contribution is 9.10. The first-order valence-corrected chi connectivity index (χ1v) is 6.20. The summed E-state index contributed by atoms with van der Waals surface area (Å²) < 4.78 is 1.03. The summed E-state index contributed by atoms with van der Waals surface area (Å²) in [5.74, 6) is 0. The van der Waals surface area contributed by atoms with Gasteiger partial charge in [0.25, 0.3) is 0 Å². The zero-order valence-electron chi connectivity index (χ0n) is 8.99. The molecule has 3 nitrogen and oxygen atoms in total. The van der Waals surface area contributed by atoms with Gasteiger partial charge in [0.1, 0.15) is 6.04 Å². The van der Waals surface area contributed by atoms with Gasteiger partial charge in [-0.1, -0.05) is 28.1 Å². The molecule has 1 N–H and O–H groups in total. The molecule has 1 aliphatic rings. The molecular formula is C12H14BrN3. The molecule has 1 aliphatic heterocycles. The molecule has 1 fully saturated rings. The number of nitrogens with one attached hydrogen (secondary N) is 1. The predicted octanol–water partition coefficient (Wildman–Crippen LogP) is 1.92. The van der Waals surface area contributed by atoms with E-state index in [0.29, 0.717) is 0 Å². The van der Waals surface area contributed by atoms with Crippen LogP contribution in [0.15, 0.2) is 28.7 Å². The second kappa shape index (κ2) is 5.44. The molecule has 0 aromatic heterocycles. The van der Waals surface area contributed by atoms with E-state index in [9.17, 15) is 5.26 Å². The third-order valence-electron chi connectivity index (χ3n) is 2.80. The first kappa shape index (κ1) is 11.6. The smallest absolute Gasteiger partial charge is 0.123 e. The zero-order chi connectivity index (χ0) is 11.4. The Hall–Kier alpha value is -0.890. The lowest BCUT2D eigenvalue weighted by atomic mass is 10.1. The summed E-state index contributed by atoms with van der Waals surface area (Å²) in [6, 6.07) is 10.3. The van der Waals surface area contributed by atoms with Crippen LogP contribution in [0.25, 0.3) is 0 Å². The molecule has 2 rings (SSSR count). The van der Waals surface area contributed by atoms with Gasteiger partial charge in [0.05, 0.1) is 6.07 Å². The van der Waals surface area contributed by atoms with E-state index in [0.717, 1.165) is 36.2 Å². The van der Waals surface area contributed by atoms with Gasteiger partial charge >= 0.3 is 0 Å². The van der Waals surface area contributed by atoms with Gasteiger partial charge in [-0.15, -0.1) is 0 Å². The van der Waals surface area contributed by atoms with E-state index in [-0.39, 0.29) is 6.04 Å². The SMILES string of the molecule is N#C[C@@H](c1cccc(Br)c1)N1CCNCC1. The Morgan fingerprint density at radius 2 is 2.12 bits per heavy atom. The van der Waals surface area contributed by atoms with Crippen LogP contribution in [0, 0.1) is 11.3 Å². The molecule has 0 saturated carbocycles. The van der Waals surface area contributed by atoms with Crippen molar-refractivity contribution in [2.45, 2.75) is 6.04 Å². The van der Waals surface area contributed by atoms with Crippen molar-refractivity contribution < 1.29 is 0 Å². The molecule has 0 bridgehead atoms. The van der Waals surface area contributed by atoms with Crippen molar-refractivity contribution in [3.05, 3.63) is 34.3 Å². The predicted molar refractivity (Wildman–Crippen MR) is 66.9 cm³/mol. The zero-order valence-corrected chi connectivity index (χ0v) is 10.6. The maximum absolute atomic E-state index is 9.30. The van der Waals surface area contributed by atoms with Crippen molar-refractivity contribution >= 4 is 15.9 Å². The Labute approximate surface area is 104 Å². The van der Waals surface area contributed by atoms with Crippen molar-refractivity contribution in [2.24, 2.45) is 0 Å². The summed E-state index contributed by atoms with van der Waals surface area (Å²) >= 11 is 3.44. The first-order valence-electron chi connectivity index (χ1n) is 5.41. The normalized spacial score (nSPS) is 19.0. The third kappa shape index (κ3) is 2.62. The Morgan fingerprint density at radius 1 is 1.38 bits per heavy atom. The van der Waals surface area contributed by atoms with Gasteiger partial charge in [-0.3, -0.25) is 4.90 Å². The molecule has 16 heavy (non-hydrogen) atoms. The fraction of sp³-hybridized carbons (Fsp3) is 0.417. The first-order chi connectivity index (χ1) is 7.81. The van der Waals surface area contributed by atoms with E-state index >= 15 is 0 Å². The number of piperazine rings is 1.